The molecule has 1 saturated heterocycles. The van der Waals surface area contributed by atoms with Crippen LogP contribution in [0.1, 0.15) is 22.4 Å². The van der Waals surface area contributed by atoms with Crippen molar-refractivity contribution in [2.45, 2.75) is 26.3 Å². The van der Waals surface area contributed by atoms with Crippen LogP contribution in [0.4, 0.5) is 0 Å². The van der Waals surface area contributed by atoms with Crippen molar-refractivity contribution in [1.82, 2.24) is 14.8 Å². The molecule has 0 saturated carbocycles. The second-order valence-corrected chi connectivity index (χ2v) is 8.33. The molecule has 0 radical (unpaired) electrons. The number of rotatable bonds is 4. The lowest BCUT2D eigenvalue weighted by Crippen LogP contribution is -2.36. The highest BCUT2D eigenvalue weighted by atomic mass is 32.1. The number of fused-ring (bicyclic) bond motifs is 1. The van der Waals surface area contributed by atoms with Gasteiger partial charge >= 0.3 is 0 Å². The summed E-state index contributed by atoms with van der Waals surface area (Å²) in [6.07, 6.45) is 5.24. The molecular formula is C22H25N3OS. The summed E-state index contributed by atoms with van der Waals surface area (Å²) in [7, 11) is 0. The van der Waals surface area contributed by atoms with E-state index in [1.807, 2.05) is 12.4 Å². The summed E-state index contributed by atoms with van der Waals surface area (Å²) >= 11 is 1.76. The average molecular weight is 380 g/mol. The third-order valence-corrected chi connectivity index (χ3v) is 6.62. The normalized spacial score (nSPS) is 15.8. The van der Waals surface area contributed by atoms with Crippen LogP contribution >= 0.6 is 11.3 Å². The fourth-order valence-electron chi connectivity index (χ4n) is 3.77. The maximum Gasteiger partial charge on any atom is 0.227 e. The maximum absolute atomic E-state index is 12.9. The zero-order chi connectivity index (χ0) is 18.6. The predicted molar refractivity (Wildman–Crippen MR) is 111 cm³/mol. The van der Waals surface area contributed by atoms with E-state index < -0.39 is 0 Å². The fraction of sp³-hybridized carbons (Fsp3) is 0.364. The highest BCUT2D eigenvalue weighted by molar-refractivity contribution is 7.19. The Bertz CT molecular complexity index is 922. The van der Waals surface area contributed by atoms with Crippen LogP contribution < -0.4 is 0 Å². The van der Waals surface area contributed by atoms with Crippen molar-refractivity contribution in [1.29, 1.82) is 0 Å². The van der Waals surface area contributed by atoms with Crippen LogP contribution in [0.15, 0.2) is 48.8 Å². The highest BCUT2D eigenvalue weighted by Gasteiger charge is 2.21. The Morgan fingerprint density at radius 2 is 1.89 bits per heavy atom. The minimum atomic E-state index is 0.260. The number of amides is 1. The molecule has 1 aliphatic heterocycles. The molecular weight excluding hydrogens is 354 g/mol. The molecule has 1 aromatic carbocycles. The Morgan fingerprint density at radius 1 is 1.07 bits per heavy atom. The first kappa shape index (κ1) is 18.1. The number of hydrogen-bond donors (Lipinski definition) is 0. The Balaban J connectivity index is 1.38. The second kappa shape index (κ2) is 8.19. The molecule has 1 amide bonds. The van der Waals surface area contributed by atoms with E-state index in [0.717, 1.165) is 39.1 Å². The van der Waals surface area contributed by atoms with Gasteiger partial charge in [0.1, 0.15) is 0 Å². The van der Waals surface area contributed by atoms with Gasteiger partial charge in [-0.05, 0) is 48.1 Å². The number of hydrogen-bond acceptors (Lipinski definition) is 4. The summed E-state index contributed by atoms with van der Waals surface area (Å²) in [5.74, 6) is 0.260. The number of aromatic nitrogens is 1. The van der Waals surface area contributed by atoms with Gasteiger partial charge < -0.3 is 4.90 Å². The molecule has 0 atom stereocenters. The number of pyridine rings is 1. The van der Waals surface area contributed by atoms with E-state index in [-0.39, 0.29) is 5.91 Å². The van der Waals surface area contributed by atoms with Gasteiger partial charge in [-0.3, -0.25) is 14.7 Å². The van der Waals surface area contributed by atoms with Gasteiger partial charge in [0.25, 0.3) is 0 Å². The molecule has 3 aromatic rings. The zero-order valence-electron chi connectivity index (χ0n) is 15.7. The first-order chi connectivity index (χ1) is 13.2. The van der Waals surface area contributed by atoms with Gasteiger partial charge in [0.15, 0.2) is 0 Å². The van der Waals surface area contributed by atoms with Gasteiger partial charge in [0, 0.05) is 54.7 Å². The van der Waals surface area contributed by atoms with Crippen LogP contribution in [-0.2, 0) is 17.8 Å². The second-order valence-electron chi connectivity index (χ2n) is 7.19. The Kier molecular flexibility index (Phi) is 5.50. The number of carbonyl (C=O) groups excluding carboxylic acids is 1. The molecule has 5 heteroatoms. The number of nitrogens with zero attached hydrogens (tertiary/aromatic N) is 3. The monoisotopic (exact) mass is 379 g/mol. The summed E-state index contributed by atoms with van der Waals surface area (Å²) in [5, 5.41) is 1.28. The van der Waals surface area contributed by atoms with Gasteiger partial charge in [-0.2, -0.15) is 0 Å². The van der Waals surface area contributed by atoms with Gasteiger partial charge in [0.2, 0.25) is 5.91 Å². The summed E-state index contributed by atoms with van der Waals surface area (Å²) < 4.78 is 1.28. The first-order valence-electron chi connectivity index (χ1n) is 9.57. The van der Waals surface area contributed by atoms with Crippen molar-refractivity contribution in [2.24, 2.45) is 0 Å². The highest BCUT2D eigenvalue weighted by Crippen LogP contribution is 2.31. The van der Waals surface area contributed by atoms with E-state index in [9.17, 15) is 4.79 Å². The van der Waals surface area contributed by atoms with Gasteiger partial charge in [-0.1, -0.05) is 18.2 Å². The van der Waals surface area contributed by atoms with Crippen molar-refractivity contribution in [3.8, 4) is 0 Å². The third-order valence-electron chi connectivity index (χ3n) is 5.35. The molecule has 2 aromatic heterocycles. The maximum atomic E-state index is 12.9. The lowest BCUT2D eigenvalue weighted by molar-refractivity contribution is -0.130. The minimum absolute atomic E-state index is 0.260. The summed E-state index contributed by atoms with van der Waals surface area (Å²) in [6, 6.07) is 12.6. The Hall–Kier alpha value is -2.24. The van der Waals surface area contributed by atoms with Crippen LogP contribution in [0.3, 0.4) is 0 Å². The Morgan fingerprint density at radius 3 is 2.70 bits per heavy atom. The number of carbonyl (C=O) groups is 1. The largest absolute Gasteiger partial charge is 0.341 e. The lowest BCUT2D eigenvalue weighted by Gasteiger charge is -2.22. The molecule has 0 N–H and O–H groups in total. The van der Waals surface area contributed by atoms with E-state index in [2.05, 4.69) is 58.1 Å². The van der Waals surface area contributed by atoms with Crippen LogP contribution in [0.2, 0.25) is 0 Å². The molecule has 0 spiro atoms. The van der Waals surface area contributed by atoms with E-state index >= 15 is 0 Å². The molecule has 140 valence electrons. The smallest absolute Gasteiger partial charge is 0.227 e. The lowest BCUT2D eigenvalue weighted by atomic mass is 10.1. The fourth-order valence-corrected chi connectivity index (χ4v) is 4.97. The number of aryl methyl sites for hydroxylation is 1. The Labute approximate surface area is 164 Å². The van der Waals surface area contributed by atoms with Crippen LogP contribution in [0.25, 0.3) is 10.1 Å². The number of benzene rings is 1. The summed E-state index contributed by atoms with van der Waals surface area (Å²) in [6.45, 7) is 6.71. The van der Waals surface area contributed by atoms with E-state index in [1.54, 1.807) is 11.3 Å². The molecule has 0 bridgehead atoms. The summed E-state index contributed by atoms with van der Waals surface area (Å²) in [4.78, 5) is 22.7. The quantitative estimate of drug-likeness (QED) is 0.690. The molecule has 4 nitrogen and oxygen atoms in total. The van der Waals surface area contributed by atoms with Crippen molar-refractivity contribution in [3.05, 3.63) is 64.8 Å². The van der Waals surface area contributed by atoms with Crippen molar-refractivity contribution >= 4 is 27.3 Å². The van der Waals surface area contributed by atoms with Crippen LogP contribution in [-0.4, -0.2) is 46.9 Å². The molecule has 1 aliphatic rings. The SMILES string of the molecule is Cc1c(CC(=O)N2CCCN(Cc3ccncc3)CC2)sc2ccccc12. The molecule has 4 rings (SSSR count). The van der Waals surface area contributed by atoms with Crippen molar-refractivity contribution < 1.29 is 4.79 Å². The first-order valence-corrected chi connectivity index (χ1v) is 10.4. The van der Waals surface area contributed by atoms with Crippen molar-refractivity contribution in [2.75, 3.05) is 26.2 Å². The van der Waals surface area contributed by atoms with Gasteiger partial charge in [-0.25, -0.2) is 0 Å². The zero-order valence-corrected chi connectivity index (χ0v) is 16.5. The minimum Gasteiger partial charge on any atom is -0.341 e. The van der Waals surface area contributed by atoms with E-state index in [1.165, 1.54) is 26.1 Å². The third kappa shape index (κ3) is 4.20. The van der Waals surface area contributed by atoms with E-state index in [4.69, 9.17) is 0 Å². The van der Waals surface area contributed by atoms with Gasteiger partial charge in [-0.15, -0.1) is 11.3 Å². The molecule has 1 fully saturated rings. The van der Waals surface area contributed by atoms with Gasteiger partial charge in [0.05, 0.1) is 6.42 Å². The number of thiophene rings is 1. The summed E-state index contributed by atoms with van der Waals surface area (Å²) in [5.41, 5.74) is 2.55. The molecule has 3 heterocycles. The van der Waals surface area contributed by atoms with Crippen LogP contribution in [0, 0.1) is 6.92 Å². The van der Waals surface area contributed by atoms with Crippen LogP contribution in [0.5, 0.6) is 0 Å². The van der Waals surface area contributed by atoms with Crippen molar-refractivity contribution in [3.63, 3.8) is 0 Å². The topological polar surface area (TPSA) is 36.4 Å². The standard InChI is InChI=1S/C22H25N3OS/c1-17-19-5-2-3-6-20(19)27-21(17)15-22(26)25-12-4-11-24(13-14-25)16-18-7-9-23-10-8-18/h2-3,5-10H,4,11-16H2,1H3. The van der Waals surface area contributed by atoms with E-state index in [0.29, 0.717) is 6.42 Å². The molecule has 0 unspecified atom stereocenters. The predicted octanol–water partition coefficient (Wildman–Crippen LogP) is 3.88. The molecule has 27 heavy (non-hydrogen) atoms. The molecule has 0 aliphatic carbocycles. The average Bonchev–Trinajstić information content (AvgIpc) is 2.85.